The fraction of sp³-hybridized carbons (Fsp3) is 0.0455. The zero-order chi connectivity index (χ0) is 32.9. The molecule has 234 valence electrons. The molecule has 0 aliphatic heterocycles. The summed E-state index contributed by atoms with van der Waals surface area (Å²) in [4.78, 5) is 3.68. The van der Waals surface area contributed by atoms with Crippen molar-refractivity contribution < 1.29 is 0 Å². The summed E-state index contributed by atoms with van der Waals surface area (Å²) in [5.41, 5.74) is 18.0. The lowest BCUT2D eigenvalue weighted by molar-refractivity contribution is 1.11. The van der Waals surface area contributed by atoms with Crippen molar-refractivity contribution in [2.24, 2.45) is 0 Å². The minimum absolute atomic E-state index is 0.792. The second-order valence-electron chi connectivity index (χ2n) is 11.7. The number of rotatable bonds is 6. The summed E-state index contributed by atoms with van der Waals surface area (Å²) < 4.78 is 2.35. The molecule has 0 atom stereocenters. The highest BCUT2D eigenvalue weighted by Gasteiger charge is 2.14. The lowest BCUT2D eigenvalue weighted by atomic mass is 10.0. The molecular weight excluding hydrogens is 585 g/mol. The van der Waals surface area contributed by atoms with Gasteiger partial charge in [0.05, 0.1) is 16.9 Å². The summed E-state index contributed by atoms with van der Waals surface area (Å²) in [6.07, 6.45) is 6.62. The smallest absolute Gasteiger partial charge is 0.0571 e. The highest BCUT2D eigenvalue weighted by atomic mass is 15.0. The Morgan fingerprint density at radius 3 is 2.02 bits per heavy atom. The molecule has 0 spiro atoms. The van der Waals surface area contributed by atoms with Gasteiger partial charge in [-0.25, -0.2) is 0 Å². The van der Waals surface area contributed by atoms with E-state index in [1.807, 2.05) is 31.3 Å². The van der Waals surface area contributed by atoms with E-state index in [1.165, 1.54) is 43.9 Å². The number of hydrogen-bond donors (Lipinski definition) is 3. The molecule has 0 amide bonds. The molecule has 8 aromatic rings. The third kappa shape index (κ3) is 6.12. The van der Waals surface area contributed by atoms with Crippen molar-refractivity contribution in [3.8, 4) is 16.8 Å². The third-order valence-electron chi connectivity index (χ3n) is 8.75. The van der Waals surface area contributed by atoms with Gasteiger partial charge in [0, 0.05) is 45.6 Å². The maximum atomic E-state index is 5.57. The maximum Gasteiger partial charge on any atom is 0.0571 e. The Morgan fingerprint density at radius 2 is 1.33 bits per heavy atom. The third-order valence-corrected chi connectivity index (χ3v) is 8.75. The molecular formula is C44H38N4. The maximum absolute atomic E-state index is 5.57. The Balaban J connectivity index is 0.000000353. The molecule has 0 radical (unpaired) electrons. The molecule has 0 saturated carbocycles. The second kappa shape index (κ2) is 13.6. The second-order valence-corrected chi connectivity index (χ2v) is 11.7. The Labute approximate surface area is 281 Å². The quantitative estimate of drug-likeness (QED) is 0.128. The number of hydrogen-bond acceptors (Lipinski definition) is 2. The van der Waals surface area contributed by atoms with Crippen LogP contribution in [0.4, 0.5) is 11.4 Å². The van der Waals surface area contributed by atoms with Gasteiger partial charge in [-0.1, -0.05) is 109 Å². The van der Waals surface area contributed by atoms with Crippen molar-refractivity contribution in [3.05, 3.63) is 175 Å². The van der Waals surface area contributed by atoms with E-state index < -0.39 is 0 Å². The molecule has 8 rings (SSSR count). The summed E-state index contributed by atoms with van der Waals surface area (Å²) in [6, 6.07) is 53.0. The van der Waals surface area contributed by atoms with Crippen LogP contribution in [-0.2, 0) is 0 Å². The van der Waals surface area contributed by atoms with Crippen molar-refractivity contribution in [2.75, 3.05) is 18.1 Å². The number of anilines is 2. The lowest BCUT2D eigenvalue weighted by Gasteiger charge is -2.09. The van der Waals surface area contributed by atoms with E-state index in [0.29, 0.717) is 0 Å². The number of nitrogens with zero attached hydrogens (tertiary/aromatic N) is 1. The predicted molar refractivity (Wildman–Crippen MR) is 208 cm³/mol. The molecule has 0 saturated heterocycles. The van der Waals surface area contributed by atoms with Crippen molar-refractivity contribution >= 4 is 55.7 Å². The topological polar surface area (TPSA) is 58.8 Å². The molecule has 4 nitrogen and oxygen atoms in total. The average molecular weight is 623 g/mol. The number of H-pyrrole nitrogens is 1. The summed E-state index contributed by atoms with van der Waals surface area (Å²) in [6.45, 7) is 2.09. The van der Waals surface area contributed by atoms with E-state index in [1.54, 1.807) is 0 Å². The summed E-state index contributed by atoms with van der Waals surface area (Å²) in [7, 11) is 1.85. The number of nitrogens with one attached hydrogen (secondary N) is 2. The number of aromatic amines is 1. The normalized spacial score (nSPS) is 11.7. The first-order chi connectivity index (χ1) is 23.6. The van der Waals surface area contributed by atoms with E-state index in [9.17, 15) is 0 Å². The molecule has 48 heavy (non-hydrogen) atoms. The predicted octanol–water partition coefficient (Wildman–Crippen LogP) is 11.4. The van der Waals surface area contributed by atoms with Gasteiger partial charge in [0.1, 0.15) is 0 Å². The Kier molecular flexibility index (Phi) is 8.62. The molecule has 4 N–H and O–H groups in total. The van der Waals surface area contributed by atoms with Crippen LogP contribution in [0.1, 0.15) is 18.2 Å². The molecule has 0 bridgehead atoms. The van der Waals surface area contributed by atoms with Crippen LogP contribution in [0.2, 0.25) is 0 Å². The number of nitrogens with two attached hydrogens (primary N) is 1. The number of aromatic nitrogens is 2. The molecule has 2 aromatic heterocycles. The first-order valence-corrected chi connectivity index (χ1v) is 16.3. The fourth-order valence-corrected chi connectivity index (χ4v) is 6.31. The van der Waals surface area contributed by atoms with Gasteiger partial charge in [0.2, 0.25) is 0 Å². The molecule has 4 heteroatoms. The van der Waals surface area contributed by atoms with Gasteiger partial charge in [-0.05, 0) is 89.9 Å². The Bertz CT molecular complexity index is 2380. The zero-order valence-electron chi connectivity index (χ0n) is 27.2. The number of nitrogen functional groups attached to an aromatic ring is 1. The minimum Gasteiger partial charge on any atom is -0.397 e. The highest BCUT2D eigenvalue weighted by Crippen LogP contribution is 2.35. The standard InChI is InChI=1S/C37H28N2.C7H10N2/c1-2-26(27-12-6-3-7-13-27)18-20-32-22-30-24-34-33-23-29(28-14-8-4-9-15-28)19-21-35(33)38-36(34)25-37(30)39(32)31-16-10-5-11-17-31;1-9-7-5-3-2-4-6(7)8/h2-25,38H,1H3;2-5,9H,8H2,1H3/b20-18-,26-2+;. The summed E-state index contributed by atoms with van der Waals surface area (Å²) >= 11 is 0. The lowest BCUT2D eigenvalue weighted by Crippen LogP contribution is -1.96. The monoisotopic (exact) mass is 622 g/mol. The van der Waals surface area contributed by atoms with Crippen molar-refractivity contribution in [1.82, 2.24) is 9.55 Å². The van der Waals surface area contributed by atoms with Gasteiger partial charge in [-0.2, -0.15) is 0 Å². The van der Waals surface area contributed by atoms with Gasteiger partial charge >= 0.3 is 0 Å². The summed E-state index contributed by atoms with van der Waals surface area (Å²) in [5.74, 6) is 0. The van der Waals surface area contributed by atoms with Crippen LogP contribution >= 0.6 is 0 Å². The zero-order valence-corrected chi connectivity index (χ0v) is 27.2. The van der Waals surface area contributed by atoms with Gasteiger partial charge in [-0.15, -0.1) is 0 Å². The number of fused-ring (bicyclic) bond motifs is 4. The van der Waals surface area contributed by atoms with Crippen LogP contribution in [0.25, 0.3) is 61.2 Å². The number of allylic oxidation sites excluding steroid dienone is 3. The van der Waals surface area contributed by atoms with Crippen LogP contribution in [-0.4, -0.2) is 16.6 Å². The number of benzene rings is 6. The van der Waals surface area contributed by atoms with E-state index in [2.05, 4.69) is 167 Å². The average Bonchev–Trinajstić information content (AvgIpc) is 3.69. The highest BCUT2D eigenvalue weighted by molar-refractivity contribution is 6.13. The fourth-order valence-electron chi connectivity index (χ4n) is 6.31. The van der Waals surface area contributed by atoms with Crippen molar-refractivity contribution in [1.29, 1.82) is 0 Å². The van der Waals surface area contributed by atoms with E-state index in [4.69, 9.17) is 5.73 Å². The molecule has 6 aromatic carbocycles. The van der Waals surface area contributed by atoms with E-state index in [-0.39, 0.29) is 0 Å². The van der Waals surface area contributed by atoms with Crippen molar-refractivity contribution in [2.45, 2.75) is 6.92 Å². The van der Waals surface area contributed by atoms with Crippen LogP contribution in [0.15, 0.2) is 164 Å². The SMILES string of the molecule is C/C=C(\C=C/c1cc2cc3c(cc2n1-c1ccccc1)[nH]c1ccc(-c2ccccc2)cc13)c1ccccc1.CNc1ccccc1N. The van der Waals surface area contributed by atoms with E-state index >= 15 is 0 Å². The largest absolute Gasteiger partial charge is 0.397 e. The first-order valence-electron chi connectivity index (χ1n) is 16.3. The van der Waals surface area contributed by atoms with Crippen LogP contribution < -0.4 is 11.1 Å². The van der Waals surface area contributed by atoms with Gasteiger partial charge in [-0.3, -0.25) is 0 Å². The van der Waals surface area contributed by atoms with Crippen molar-refractivity contribution in [3.63, 3.8) is 0 Å². The molecule has 0 aliphatic carbocycles. The van der Waals surface area contributed by atoms with Crippen LogP contribution in [0.5, 0.6) is 0 Å². The minimum atomic E-state index is 0.792. The summed E-state index contributed by atoms with van der Waals surface area (Å²) in [5, 5.41) is 6.68. The first kappa shape index (κ1) is 30.4. The van der Waals surface area contributed by atoms with Crippen LogP contribution in [0, 0.1) is 0 Å². The van der Waals surface area contributed by atoms with Gasteiger partial charge in [0.25, 0.3) is 0 Å². The molecule has 0 unspecified atom stereocenters. The molecule has 0 aliphatic rings. The van der Waals surface area contributed by atoms with Gasteiger partial charge < -0.3 is 20.6 Å². The van der Waals surface area contributed by atoms with E-state index in [0.717, 1.165) is 33.8 Å². The van der Waals surface area contributed by atoms with Crippen LogP contribution in [0.3, 0.4) is 0 Å². The molecule has 0 fully saturated rings. The number of para-hydroxylation sites is 3. The van der Waals surface area contributed by atoms with Gasteiger partial charge in [0.15, 0.2) is 0 Å². The Hall–Kier alpha value is -6.26. The Morgan fingerprint density at radius 1 is 0.667 bits per heavy atom. The molecule has 2 heterocycles.